The van der Waals surface area contributed by atoms with Gasteiger partial charge in [0.05, 0.1) is 11.1 Å². The highest BCUT2D eigenvalue weighted by Crippen LogP contribution is 2.29. The highest BCUT2D eigenvalue weighted by atomic mass is 35.5. The minimum Gasteiger partial charge on any atom is -0.458 e. The number of furan rings is 1. The second-order valence-electron chi connectivity index (χ2n) is 4.37. The van der Waals surface area contributed by atoms with Crippen LogP contribution < -0.4 is 5.73 Å². The number of benzene rings is 1. The number of hydrogen-bond acceptors (Lipinski definition) is 3. The lowest BCUT2D eigenvalue weighted by atomic mass is 10.1. The Hall–Kier alpha value is -1.24. The van der Waals surface area contributed by atoms with E-state index in [0.717, 1.165) is 5.39 Å². The predicted molar refractivity (Wildman–Crippen MR) is 69.6 cm³/mol. The van der Waals surface area contributed by atoms with Gasteiger partial charge < -0.3 is 14.9 Å². The fourth-order valence-corrected chi connectivity index (χ4v) is 1.99. The van der Waals surface area contributed by atoms with Crippen LogP contribution in [0.25, 0.3) is 11.0 Å². The van der Waals surface area contributed by atoms with Crippen molar-refractivity contribution in [2.75, 3.05) is 13.2 Å². The Kier molecular flexibility index (Phi) is 4.57. The molecule has 110 valence electrons. The van der Waals surface area contributed by atoms with Crippen LogP contribution in [0.5, 0.6) is 0 Å². The summed E-state index contributed by atoms with van der Waals surface area (Å²) in [6, 6.07) is 6.49. The van der Waals surface area contributed by atoms with Crippen molar-refractivity contribution in [1.29, 1.82) is 0 Å². The fraction of sp³-hybridized carbons (Fsp3) is 0.385. The molecular weight excluding hydrogens is 295 g/mol. The Morgan fingerprint density at radius 3 is 2.75 bits per heavy atom. The first kappa shape index (κ1) is 15.2. The van der Waals surface area contributed by atoms with Gasteiger partial charge in [0.1, 0.15) is 12.4 Å². The zero-order chi connectivity index (χ0) is 14.8. The summed E-state index contributed by atoms with van der Waals surface area (Å²) in [6.07, 6.45) is -4.09. The van der Waals surface area contributed by atoms with Crippen molar-refractivity contribution < 1.29 is 22.3 Å². The van der Waals surface area contributed by atoms with Crippen LogP contribution in [0.2, 0.25) is 5.02 Å². The van der Waals surface area contributed by atoms with E-state index in [9.17, 15) is 13.2 Å². The second-order valence-corrected chi connectivity index (χ2v) is 4.78. The number of para-hydroxylation sites is 1. The van der Waals surface area contributed by atoms with Crippen LogP contribution in [0, 0.1) is 0 Å². The van der Waals surface area contributed by atoms with E-state index < -0.39 is 18.8 Å². The Morgan fingerprint density at radius 2 is 2.10 bits per heavy atom. The molecule has 1 unspecified atom stereocenters. The molecule has 2 N–H and O–H groups in total. The largest absolute Gasteiger partial charge is 0.458 e. The van der Waals surface area contributed by atoms with Gasteiger partial charge in [-0.3, -0.25) is 0 Å². The molecule has 1 heterocycles. The molecule has 3 nitrogen and oxygen atoms in total. The maximum Gasteiger partial charge on any atom is 0.411 e. The minimum absolute atomic E-state index is 0.0918. The van der Waals surface area contributed by atoms with Crippen molar-refractivity contribution in [1.82, 2.24) is 0 Å². The maximum atomic E-state index is 11.9. The molecule has 20 heavy (non-hydrogen) atoms. The topological polar surface area (TPSA) is 48.4 Å². The van der Waals surface area contributed by atoms with Crippen molar-refractivity contribution >= 4 is 22.6 Å². The molecule has 2 aromatic rings. The molecule has 1 aromatic heterocycles. The van der Waals surface area contributed by atoms with Crippen molar-refractivity contribution in [2.24, 2.45) is 5.73 Å². The normalized spacial score (nSPS) is 13.8. The molecule has 0 radical (unpaired) electrons. The first-order valence-electron chi connectivity index (χ1n) is 5.95. The molecule has 0 amide bonds. The molecular formula is C13H13ClF3NO2. The molecule has 0 saturated heterocycles. The summed E-state index contributed by atoms with van der Waals surface area (Å²) in [5.74, 6) is 0.476. The van der Waals surface area contributed by atoms with Crippen LogP contribution in [-0.2, 0) is 4.74 Å². The number of alkyl halides is 3. The third-order valence-corrected chi connectivity index (χ3v) is 3.02. The molecule has 0 aliphatic rings. The highest BCUT2D eigenvalue weighted by molar-refractivity contribution is 6.34. The van der Waals surface area contributed by atoms with Gasteiger partial charge in [-0.1, -0.05) is 23.7 Å². The fourth-order valence-electron chi connectivity index (χ4n) is 1.77. The van der Waals surface area contributed by atoms with E-state index in [1.807, 2.05) is 6.07 Å². The zero-order valence-electron chi connectivity index (χ0n) is 10.4. The predicted octanol–water partition coefficient (Wildman–Crippen LogP) is 4.06. The number of hydrogen-bond donors (Lipinski definition) is 1. The number of fused-ring (bicyclic) bond motifs is 1. The highest BCUT2D eigenvalue weighted by Gasteiger charge is 2.27. The lowest BCUT2D eigenvalue weighted by molar-refractivity contribution is -0.174. The van der Waals surface area contributed by atoms with E-state index in [1.165, 1.54) is 0 Å². The lowest BCUT2D eigenvalue weighted by Crippen LogP contribution is -2.19. The number of ether oxygens (including phenoxy) is 1. The standard InChI is InChI=1S/C13H13ClF3NO2/c14-9-3-1-2-8-6-11(20-12(8)9)10(18)4-5-19-7-13(15,16)17/h1-3,6,10H,4-5,7,18H2. The molecule has 1 aromatic carbocycles. The Balaban J connectivity index is 1.94. The number of nitrogens with two attached hydrogens (primary N) is 1. The van der Waals surface area contributed by atoms with E-state index in [2.05, 4.69) is 4.74 Å². The molecule has 7 heteroatoms. The van der Waals surface area contributed by atoms with Gasteiger partial charge in [-0.2, -0.15) is 13.2 Å². The third-order valence-electron chi connectivity index (χ3n) is 2.72. The molecule has 0 aliphatic carbocycles. The van der Waals surface area contributed by atoms with Crippen molar-refractivity contribution in [3.63, 3.8) is 0 Å². The van der Waals surface area contributed by atoms with Crippen molar-refractivity contribution in [3.8, 4) is 0 Å². The number of halogens is 4. The summed E-state index contributed by atoms with van der Waals surface area (Å²) in [5.41, 5.74) is 6.38. The lowest BCUT2D eigenvalue weighted by Gasteiger charge is -2.10. The average Bonchev–Trinajstić information content (AvgIpc) is 2.79. The summed E-state index contributed by atoms with van der Waals surface area (Å²) < 4.78 is 45.7. The van der Waals surface area contributed by atoms with Crippen LogP contribution in [0.4, 0.5) is 13.2 Å². The van der Waals surface area contributed by atoms with Crippen LogP contribution in [0.1, 0.15) is 18.2 Å². The minimum atomic E-state index is -4.32. The van der Waals surface area contributed by atoms with Gasteiger partial charge in [-0.05, 0) is 18.6 Å². The molecule has 0 aliphatic heterocycles. The van der Waals surface area contributed by atoms with Gasteiger partial charge in [-0.15, -0.1) is 0 Å². The van der Waals surface area contributed by atoms with Gasteiger partial charge in [0.2, 0.25) is 0 Å². The monoisotopic (exact) mass is 307 g/mol. The van der Waals surface area contributed by atoms with Gasteiger partial charge >= 0.3 is 6.18 Å². The maximum absolute atomic E-state index is 11.9. The Bertz CT molecular complexity index is 582. The van der Waals surface area contributed by atoms with Crippen LogP contribution in [0.15, 0.2) is 28.7 Å². The molecule has 0 bridgehead atoms. The average molecular weight is 308 g/mol. The van der Waals surface area contributed by atoms with Crippen LogP contribution in [0.3, 0.4) is 0 Å². The van der Waals surface area contributed by atoms with Crippen molar-refractivity contribution in [2.45, 2.75) is 18.6 Å². The van der Waals surface area contributed by atoms with Gasteiger partial charge in [0, 0.05) is 12.0 Å². The summed E-state index contributed by atoms with van der Waals surface area (Å²) in [4.78, 5) is 0. The van der Waals surface area contributed by atoms with Crippen LogP contribution >= 0.6 is 11.6 Å². The molecule has 0 saturated carbocycles. The SMILES string of the molecule is NC(CCOCC(F)(F)F)c1cc2cccc(Cl)c2o1. The Labute approximate surface area is 118 Å². The van der Waals surface area contributed by atoms with Gasteiger partial charge in [-0.25, -0.2) is 0 Å². The van der Waals surface area contributed by atoms with Gasteiger partial charge in [0.15, 0.2) is 5.58 Å². The van der Waals surface area contributed by atoms with Crippen molar-refractivity contribution in [3.05, 3.63) is 35.0 Å². The van der Waals surface area contributed by atoms with E-state index in [0.29, 0.717) is 16.4 Å². The summed E-state index contributed by atoms with van der Waals surface area (Å²) in [5, 5.41) is 1.27. The zero-order valence-corrected chi connectivity index (χ0v) is 11.2. The summed E-state index contributed by atoms with van der Waals surface area (Å²) in [6.45, 7) is -1.36. The van der Waals surface area contributed by atoms with E-state index in [-0.39, 0.29) is 13.0 Å². The smallest absolute Gasteiger partial charge is 0.411 e. The summed E-state index contributed by atoms with van der Waals surface area (Å²) >= 11 is 5.97. The molecule has 0 fully saturated rings. The summed E-state index contributed by atoms with van der Waals surface area (Å²) in [7, 11) is 0. The first-order chi connectivity index (χ1) is 9.37. The molecule has 0 spiro atoms. The Morgan fingerprint density at radius 1 is 1.35 bits per heavy atom. The van der Waals surface area contributed by atoms with E-state index in [1.54, 1.807) is 18.2 Å². The molecule has 1 atom stereocenters. The van der Waals surface area contributed by atoms with E-state index >= 15 is 0 Å². The van der Waals surface area contributed by atoms with Crippen LogP contribution in [-0.4, -0.2) is 19.4 Å². The molecule has 2 rings (SSSR count). The van der Waals surface area contributed by atoms with E-state index in [4.69, 9.17) is 21.8 Å². The first-order valence-corrected chi connectivity index (χ1v) is 6.32. The second kappa shape index (κ2) is 6.03. The van der Waals surface area contributed by atoms with Gasteiger partial charge in [0.25, 0.3) is 0 Å². The number of rotatable bonds is 5. The third kappa shape index (κ3) is 3.88. The quantitative estimate of drug-likeness (QED) is 0.848.